The SMILES string of the molecule is COc1cc2c(c(OC)c1)C(c1ccc(C)cc1)N(C(=O)c1cc(C(F)(F)F)cc(C(F)(F)F)c1)CC2. The minimum Gasteiger partial charge on any atom is -0.497 e. The van der Waals surface area contributed by atoms with Crippen LogP contribution in [0.5, 0.6) is 11.5 Å². The van der Waals surface area contributed by atoms with Crippen molar-refractivity contribution in [3.05, 3.63) is 93.5 Å². The first-order valence-corrected chi connectivity index (χ1v) is 11.2. The van der Waals surface area contributed by atoms with Gasteiger partial charge in [-0.1, -0.05) is 29.8 Å². The Morgan fingerprint density at radius 1 is 0.865 bits per heavy atom. The number of carbonyl (C=O) groups excluding carboxylic acids is 1. The second kappa shape index (κ2) is 9.64. The van der Waals surface area contributed by atoms with Crippen molar-refractivity contribution in [2.45, 2.75) is 31.7 Å². The molecule has 0 radical (unpaired) electrons. The highest BCUT2D eigenvalue weighted by Crippen LogP contribution is 2.44. The number of rotatable bonds is 4. The van der Waals surface area contributed by atoms with Crippen LogP contribution in [-0.4, -0.2) is 31.6 Å². The molecule has 37 heavy (non-hydrogen) atoms. The van der Waals surface area contributed by atoms with Crippen LogP contribution in [0, 0.1) is 6.92 Å². The summed E-state index contributed by atoms with van der Waals surface area (Å²) < 4.78 is 91.7. The van der Waals surface area contributed by atoms with E-state index < -0.39 is 41.0 Å². The van der Waals surface area contributed by atoms with Crippen LogP contribution in [0.15, 0.2) is 54.6 Å². The van der Waals surface area contributed by atoms with Crippen LogP contribution in [0.4, 0.5) is 26.3 Å². The maximum atomic E-state index is 13.7. The monoisotopic (exact) mass is 523 g/mol. The molecule has 1 atom stereocenters. The number of hydrogen-bond acceptors (Lipinski definition) is 3. The molecule has 0 saturated carbocycles. The van der Waals surface area contributed by atoms with E-state index in [2.05, 4.69) is 0 Å². The Labute approximate surface area is 209 Å². The standard InChI is InChI=1S/C27H23F6NO3/c1-15-4-6-16(7-5-15)24-23-17(12-21(36-2)14-22(23)37-3)8-9-34(24)25(35)18-10-19(26(28,29)30)13-20(11-18)27(31,32)33/h4-7,10-14,24H,8-9H2,1-3H3. The lowest BCUT2D eigenvalue weighted by molar-refractivity contribution is -0.143. The lowest BCUT2D eigenvalue weighted by Crippen LogP contribution is -2.41. The fourth-order valence-electron chi connectivity index (χ4n) is 4.54. The Morgan fingerprint density at radius 3 is 1.97 bits per heavy atom. The van der Waals surface area contributed by atoms with Gasteiger partial charge in [0.15, 0.2) is 0 Å². The topological polar surface area (TPSA) is 38.8 Å². The van der Waals surface area contributed by atoms with Crippen molar-refractivity contribution in [2.75, 3.05) is 20.8 Å². The Kier molecular flexibility index (Phi) is 6.87. The molecule has 10 heteroatoms. The number of nitrogens with zero attached hydrogens (tertiary/aromatic N) is 1. The van der Waals surface area contributed by atoms with Gasteiger partial charge in [0.25, 0.3) is 5.91 Å². The number of amides is 1. The molecule has 1 aliphatic rings. The Hall–Kier alpha value is -3.69. The fraction of sp³-hybridized carbons (Fsp3) is 0.296. The molecule has 1 unspecified atom stereocenters. The average molecular weight is 523 g/mol. The minimum atomic E-state index is -5.07. The summed E-state index contributed by atoms with van der Waals surface area (Å²) in [5.41, 5.74) is -0.830. The number of fused-ring (bicyclic) bond motifs is 1. The highest BCUT2D eigenvalue weighted by atomic mass is 19.4. The number of methoxy groups -OCH3 is 2. The van der Waals surface area contributed by atoms with Gasteiger partial charge in [-0.2, -0.15) is 26.3 Å². The summed E-state index contributed by atoms with van der Waals surface area (Å²) in [7, 11) is 2.92. The summed E-state index contributed by atoms with van der Waals surface area (Å²) >= 11 is 0. The molecule has 3 aromatic rings. The minimum absolute atomic E-state index is 0.00897. The fourth-order valence-corrected chi connectivity index (χ4v) is 4.54. The molecule has 0 saturated heterocycles. The van der Waals surface area contributed by atoms with Crippen molar-refractivity contribution >= 4 is 5.91 Å². The van der Waals surface area contributed by atoms with Gasteiger partial charge in [-0.15, -0.1) is 0 Å². The van der Waals surface area contributed by atoms with Gasteiger partial charge >= 0.3 is 12.4 Å². The largest absolute Gasteiger partial charge is 0.497 e. The van der Waals surface area contributed by atoms with E-state index in [-0.39, 0.29) is 12.6 Å². The van der Waals surface area contributed by atoms with Crippen LogP contribution >= 0.6 is 0 Å². The number of aryl methyl sites for hydroxylation is 1. The van der Waals surface area contributed by atoms with Crippen LogP contribution in [0.25, 0.3) is 0 Å². The summed E-state index contributed by atoms with van der Waals surface area (Å²) in [6.07, 6.45) is -9.84. The predicted octanol–water partition coefficient (Wildman–Crippen LogP) is 6.84. The maximum Gasteiger partial charge on any atom is 0.416 e. The predicted molar refractivity (Wildman–Crippen MR) is 124 cm³/mol. The van der Waals surface area contributed by atoms with Gasteiger partial charge in [0.2, 0.25) is 0 Å². The molecule has 0 spiro atoms. The van der Waals surface area contributed by atoms with Crippen LogP contribution in [0.2, 0.25) is 0 Å². The van der Waals surface area contributed by atoms with E-state index in [1.54, 1.807) is 24.3 Å². The van der Waals surface area contributed by atoms with Crippen molar-refractivity contribution in [1.82, 2.24) is 4.90 Å². The first-order chi connectivity index (χ1) is 17.3. The van der Waals surface area contributed by atoms with Gasteiger partial charge in [-0.25, -0.2) is 0 Å². The van der Waals surface area contributed by atoms with Gasteiger partial charge in [0, 0.05) is 23.7 Å². The van der Waals surface area contributed by atoms with Crippen molar-refractivity contribution < 1.29 is 40.6 Å². The average Bonchev–Trinajstić information content (AvgIpc) is 2.86. The number of benzene rings is 3. The van der Waals surface area contributed by atoms with Crippen LogP contribution in [0.3, 0.4) is 0 Å². The van der Waals surface area contributed by atoms with Gasteiger partial charge in [-0.3, -0.25) is 4.79 Å². The smallest absolute Gasteiger partial charge is 0.416 e. The van der Waals surface area contributed by atoms with Crippen molar-refractivity contribution in [2.24, 2.45) is 0 Å². The first kappa shape index (κ1) is 26.4. The van der Waals surface area contributed by atoms with E-state index in [4.69, 9.17) is 9.47 Å². The lowest BCUT2D eigenvalue weighted by Gasteiger charge is -2.39. The summed E-state index contributed by atoms with van der Waals surface area (Å²) in [5, 5.41) is 0. The molecule has 4 nitrogen and oxygen atoms in total. The van der Waals surface area contributed by atoms with Gasteiger partial charge in [0.05, 0.1) is 31.4 Å². The van der Waals surface area contributed by atoms with E-state index in [1.165, 1.54) is 19.1 Å². The third kappa shape index (κ3) is 5.23. The van der Waals surface area contributed by atoms with E-state index >= 15 is 0 Å². The van der Waals surface area contributed by atoms with Crippen molar-refractivity contribution in [3.8, 4) is 11.5 Å². The Morgan fingerprint density at radius 2 is 1.46 bits per heavy atom. The maximum absolute atomic E-state index is 13.7. The number of ether oxygens (including phenoxy) is 2. The lowest BCUT2D eigenvalue weighted by atomic mass is 9.86. The molecule has 1 aliphatic heterocycles. The number of hydrogen-bond donors (Lipinski definition) is 0. The summed E-state index contributed by atoms with van der Waals surface area (Å²) in [6.45, 7) is 1.92. The second-order valence-corrected chi connectivity index (χ2v) is 8.76. The molecule has 4 rings (SSSR count). The molecular weight excluding hydrogens is 500 g/mol. The Bertz CT molecular complexity index is 1270. The molecule has 0 aliphatic carbocycles. The molecule has 0 fully saturated rings. The summed E-state index contributed by atoms with van der Waals surface area (Å²) in [6, 6.07) is 10.7. The molecule has 3 aromatic carbocycles. The molecule has 1 heterocycles. The van der Waals surface area contributed by atoms with Crippen LogP contribution in [0.1, 0.15) is 49.8 Å². The zero-order valence-corrected chi connectivity index (χ0v) is 20.1. The Balaban J connectivity index is 1.90. The second-order valence-electron chi connectivity index (χ2n) is 8.76. The van der Waals surface area contributed by atoms with Crippen molar-refractivity contribution in [3.63, 3.8) is 0 Å². The molecular formula is C27H23F6NO3. The highest BCUT2D eigenvalue weighted by Gasteiger charge is 2.40. The van der Waals surface area contributed by atoms with Gasteiger partial charge in [-0.05, 0) is 48.7 Å². The normalized spacial score (nSPS) is 15.8. The summed E-state index contributed by atoms with van der Waals surface area (Å²) in [4.78, 5) is 15.0. The van der Waals surface area contributed by atoms with E-state index in [0.29, 0.717) is 41.2 Å². The molecule has 1 amide bonds. The zero-order chi connectivity index (χ0) is 27.1. The van der Waals surface area contributed by atoms with Crippen molar-refractivity contribution in [1.29, 1.82) is 0 Å². The highest BCUT2D eigenvalue weighted by molar-refractivity contribution is 5.95. The van der Waals surface area contributed by atoms with Crippen LogP contribution in [-0.2, 0) is 18.8 Å². The van der Waals surface area contributed by atoms with Gasteiger partial charge in [0.1, 0.15) is 11.5 Å². The third-order valence-corrected chi connectivity index (χ3v) is 6.35. The number of carbonyl (C=O) groups is 1. The zero-order valence-electron chi connectivity index (χ0n) is 20.1. The van der Waals surface area contributed by atoms with E-state index in [0.717, 1.165) is 11.1 Å². The summed E-state index contributed by atoms with van der Waals surface area (Å²) in [5.74, 6) is -0.0473. The molecule has 0 aromatic heterocycles. The molecule has 196 valence electrons. The quantitative estimate of drug-likeness (QED) is 0.352. The number of alkyl halides is 6. The molecule has 0 N–H and O–H groups in total. The molecule has 0 bridgehead atoms. The van der Waals surface area contributed by atoms with E-state index in [1.807, 2.05) is 19.1 Å². The van der Waals surface area contributed by atoms with Gasteiger partial charge < -0.3 is 14.4 Å². The van der Waals surface area contributed by atoms with Crippen LogP contribution < -0.4 is 9.47 Å². The number of halogens is 6. The third-order valence-electron chi connectivity index (χ3n) is 6.35. The first-order valence-electron chi connectivity index (χ1n) is 11.2. The van der Waals surface area contributed by atoms with E-state index in [9.17, 15) is 31.1 Å².